The zero-order valence-electron chi connectivity index (χ0n) is 36.6. The van der Waals surface area contributed by atoms with Crippen molar-refractivity contribution in [3.8, 4) is 51.2 Å². The lowest BCUT2D eigenvalue weighted by Crippen LogP contribution is -2.57. The van der Waals surface area contributed by atoms with E-state index < -0.39 is 0 Å². The van der Waals surface area contributed by atoms with Gasteiger partial charge in [0.1, 0.15) is 28.8 Å². The van der Waals surface area contributed by atoms with Crippen LogP contribution in [-0.4, -0.2) is 16.3 Å². The fourth-order valence-electron chi connectivity index (χ4n) is 9.50. The van der Waals surface area contributed by atoms with Gasteiger partial charge in [-0.1, -0.05) is 166 Å². The minimum atomic E-state index is -0.0214. The molecule has 10 rings (SSSR count). The molecule has 0 saturated carbocycles. The average Bonchev–Trinajstić information content (AvgIpc) is 3.62. The number of hydrogen-bond acceptors (Lipinski definition) is 3. The van der Waals surface area contributed by atoms with Crippen LogP contribution in [0.3, 0.4) is 0 Å². The van der Waals surface area contributed by atoms with Crippen molar-refractivity contribution < 1.29 is 9.47 Å². The average molecular weight is 785 g/mol. The molecule has 1 aromatic heterocycles. The van der Waals surface area contributed by atoms with E-state index in [2.05, 4.69) is 201 Å². The zero-order chi connectivity index (χ0) is 41.8. The number of benzene rings is 7. The van der Waals surface area contributed by atoms with Crippen molar-refractivity contribution >= 4 is 44.9 Å². The molecule has 4 nitrogen and oxygen atoms in total. The monoisotopic (exact) mass is 784 g/mol. The second kappa shape index (κ2) is 13.7. The lowest BCUT2D eigenvalue weighted by Gasteiger charge is -2.35. The lowest BCUT2D eigenvalue weighted by molar-refractivity contribution is 0.467. The first-order valence-corrected chi connectivity index (χ1v) is 21.6. The summed E-state index contributed by atoms with van der Waals surface area (Å²) in [5.41, 5.74) is 15.3. The number of aromatic nitrogens is 2. The van der Waals surface area contributed by atoms with Crippen LogP contribution >= 0.6 is 0 Å². The van der Waals surface area contributed by atoms with Crippen LogP contribution in [0.25, 0.3) is 50.0 Å². The van der Waals surface area contributed by atoms with Gasteiger partial charge in [-0.3, -0.25) is 4.57 Å². The van der Waals surface area contributed by atoms with Gasteiger partial charge in [0.25, 0.3) is 6.71 Å². The second-order valence-electron chi connectivity index (χ2n) is 19.6. The van der Waals surface area contributed by atoms with Gasteiger partial charge < -0.3 is 9.47 Å². The maximum absolute atomic E-state index is 7.04. The summed E-state index contributed by atoms with van der Waals surface area (Å²) in [5, 5.41) is 2.14. The molecular weight excluding hydrogens is 731 g/mol. The molecular formula is C55H53BN2O2. The van der Waals surface area contributed by atoms with Crippen LogP contribution < -0.4 is 25.9 Å². The highest BCUT2D eigenvalue weighted by Gasteiger charge is 2.42. The van der Waals surface area contributed by atoms with Crippen molar-refractivity contribution in [1.82, 2.24) is 9.55 Å². The normalized spacial score (nSPS) is 13.4. The van der Waals surface area contributed by atoms with Crippen LogP contribution in [0.15, 0.2) is 127 Å². The lowest BCUT2D eigenvalue weighted by atomic mass is 9.34. The fourth-order valence-corrected chi connectivity index (χ4v) is 9.50. The van der Waals surface area contributed by atoms with E-state index in [1.807, 2.05) is 0 Å². The van der Waals surface area contributed by atoms with Crippen LogP contribution in [0, 0.1) is 0 Å². The van der Waals surface area contributed by atoms with E-state index in [1.165, 1.54) is 38.9 Å². The Morgan fingerprint density at radius 1 is 0.567 bits per heavy atom. The molecule has 60 heavy (non-hydrogen) atoms. The quantitative estimate of drug-likeness (QED) is 0.163. The fraction of sp³-hybridized carbons (Fsp3) is 0.255. The summed E-state index contributed by atoms with van der Waals surface area (Å²) in [4.78, 5) is 5.42. The zero-order valence-corrected chi connectivity index (χ0v) is 36.6. The minimum Gasteiger partial charge on any atom is -0.458 e. The summed E-state index contributed by atoms with van der Waals surface area (Å²) in [5.74, 6) is 5.12. The number of rotatable bonds is 5. The summed E-state index contributed by atoms with van der Waals surface area (Å²) < 4.78 is 16.4. The highest BCUT2D eigenvalue weighted by Crippen LogP contribution is 2.44. The molecule has 0 N–H and O–H groups in total. The number of imidazole rings is 1. The molecule has 0 atom stereocenters. The van der Waals surface area contributed by atoms with Crippen molar-refractivity contribution in [2.45, 2.75) is 91.9 Å². The Bertz CT molecular complexity index is 2960. The number of fused-ring (bicyclic) bond motifs is 7. The molecule has 8 aromatic rings. The first kappa shape index (κ1) is 38.2. The molecule has 0 fully saturated rings. The minimum absolute atomic E-state index is 0.00745. The smallest absolute Gasteiger partial charge is 0.260 e. The molecule has 0 amide bonds. The van der Waals surface area contributed by atoms with Crippen LogP contribution in [0.4, 0.5) is 0 Å². The Hall–Kier alpha value is -6.07. The van der Waals surface area contributed by atoms with Crippen molar-refractivity contribution in [1.29, 1.82) is 0 Å². The van der Waals surface area contributed by atoms with E-state index >= 15 is 0 Å². The third kappa shape index (κ3) is 6.07. The van der Waals surface area contributed by atoms with Gasteiger partial charge in [-0.2, -0.15) is 0 Å². The van der Waals surface area contributed by atoms with Gasteiger partial charge in [0.15, 0.2) is 0 Å². The molecule has 298 valence electrons. The summed E-state index contributed by atoms with van der Waals surface area (Å²) in [7, 11) is 0. The molecule has 5 heteroatoms. The highest BCUT2D eigenvalue weighted by atomic mass is 16.5. The van der Waals surface area contributed by atoms with Crippen molar-refractivity contribution in [2.24, 2.45) is 0 Å². The van der Waals surface area contributed by atoms with Gasteiger partial charge in [-0.25, -0.2) is 4.98 Å². The number of nitrogens with zero attached hydrogens (tertiary/aromatic N) is 2. The molecule has 0 aliphatic carbocycles. The summed E-state index contributed by atoms with van der Waals surface area (Å²) in [6.45, 7) is 22.8. The van der Waals surface area contributed by atoms with Crippen LogP contribution in [0.2, 0.25) is 0 Å². The van der Waals surface area contributed by atoms with Gasteiger partial charge in [0.05, 0.1) is 16.7 Å². The second-order valence-corrected chi connectivity index (χ2v) is 19.6. The first-order valence-electron chi connectivity index (χ1n) is 21.6. The largest absolute Gasteiger partial charge is 0.458 e. The predicted molar refractivity (Wildman–Crippen MR) is 253 cm³/mol. The van der Waals surface area contributed by atoms with E-state index in [9.17, 15) is 0 Å². The standard InChI is InChI=1S/C55H53BN2O2/c1-32(2)39-18-14-19-40(33(3)4)50(39)58-51-41(20-15-21-45(51)57-53(58)34-16-12-11-13-17-34)35-22-25-42-36(28-35)29-48-49-52(42)60-47-27-24-38(55(8,9)10)31-44(47)56(49)43-30-37(54(5,6)7)23-26-46(43)59-48/h11-33H,1-10H3. The molecule has 0 saturated heterocycles. The molecule has 0 unspecified atom stereocenters. The molecule has 0 radical (unpaired) electrons. The van der Waals surface area contributed by atoms with E-state index in [-0.39, 0.29) is 17.5 Å². The molecule has 2 aliphatic rings. The molecule has 3 heterocycles. The topological polar surface area (TPSA) is 36.3 Å². The van der Waals surface area contributed by atoms with E-state index in [0.717, 1.165) is 72.8 Å². The van der Waals surface area contributed by atoms with Crippen LogP contribution in [-0.2, 0) is 10.8 Å². The SMILES string of the molecule is CC(C)c1cccc(C(C)C)c1-n1c(-c2ccccc2)nc2cccc(-c3ccc4c5c6c(cc4c3)Oc3ccc(C(C)(C)C)cc3B6c3cc(C(C)(C)C)ccc3O5)c21. The number of ether oxygens (including phenoxy) is 2. The first-order chi connectivity index (χ1) is 28.7. The molecule has 0 bridgehead atoms. The summed E-state index contributed by atoms with van der Waals surface area (Å²) in [6.07, 6.45) is 0. The van der Waals surface area contributed by atoms with Gasteiger partial charge >= 0.3 is 0 Å². The van der Waals surface area contributed by atoms with Crippen molar-refractivity contribution in [3.05, 3.63) is 150 Å². The van der Waals surface area contributed by atoms with Crippen molar-refractivity contribution in [2.75, 3.05) is 0 Å². The van der Waals surface area contributed by atoms with Gasteiger partial charge in [0.2, 0.25) is 0 Å². The summed E-state index contributed by atoms with van der Waals surface area (Å²) in [6, 6.07) is 46.6. The van der Waals surface area contributed by atoms with Gasteiger partial charge in [-0.15, -0.1) is 0 Å². The van der Waals surface area contributed by atoms with Gasteiger partial charge in [-0.05, 0) is 97.1 Å². The number of para-hydroxylation sites is 2. The summed E-state index contributed by atoms with van der Waals surface area (Å²) >= 11 is 0. The van der Waals surface area contributed by atoms with E-state index in [0.29, 0.717) is 11.8 Å². The van der Waals surface area contributed by atoms with Crippen LogP contribution in [0.5, 0.6) is 23.0 Å². The maximum Gasteiger partial charge on any atom is 0.260 e. The molecule has 0 spiro atoms. The molecule has 7 aromatic carbocycles. The Kier molecular flexibility index (Phi) is 8.74. The third-order valence-corrected chi connectivity index (χ3v) is 12.8. The Morgan fingerprint density at radius 2 is 1.18 bits per heavy atom. The third-order valence-electron chi connectivity index (χ3n) is 12.8. The molecule has 2 aliphatic heterocycles. The van der Waals surface area contributed by atoms with Crippen molar-refractivity contribution in [3.63, 3.8) is 0 Å². The van der Waals surface area contributed by atoms with E-state index in [1.54, 1.807) is 0 Å². The van der Waals surface area contributed by atoms with Gasteiger partial charge in [0, 0.05) is 22.0 Å². The highest BCUT2D eigenvalue weighted by molar-refractivity contribution is 6.98. The Balaban J connectivity index is 1.22. The van der Waals surface area contributed by atoms with Crippen LogP contribution in [0.1, 0.15) is 103 Å². The predicted octanol–water partition coefficient (Wildman–Crippen LogP) is 13.1. The number of hydrogen-bond donors (Lipinski definition) is 0. The Morgan fingerprint density at radius 3 is 1.80 bits per heavy atom. The maximum atomic E-state index is 7.04. The Labute approximate surface area is 355 Å². The van der Waals surface area contributed by atoms with E-state index in [4.69, 9.17) is 14.5 Å².